The summed E-state index contributed by atoms with van der Waals surface area (Å²) in [5.41, 5.74) is 0.233. The van der Waals surface area contributed by atoms with Gasteiger partial charge in [-0.1, -0.05) is 12.8 Å². The quantitative estimate of drug-likeness (QED) is 0.777. The maximum absolute atomic E-state index is 11.3. The number of aliphatic hydroxyl groups is 1. The minimum Gasteiger partial charge on any atom is -0.467 e. The van der Waals surface area contributed by atoms with Crippen molar-refractivity contribution in [1.82, 2.24) is 5.32 Å². The minimum atomic E-state index is -0.400. The maximum atomic E-state index is 11.3. The molecule has 0 aliphatic heterocycles. The third kappa shape index (κ3) is 2.73. The van der Waals surface area contributed by atoms with E-state index in [1.807, 2.05) is 0 Å². The monoisotopic (exact) mass is 253 g/mol. The SMILES string of the molecule is COC(=O)c1coc(CNC2(CO)CCCC2)c1. The van der Waals surface area contributed by atoms with Crippen molar-refractivity contribution in [2.75, 3.05) is 13.7 Å². The Hall–Kier alpha value is -1.33. The van der Waals surface area contributed by atoms with E-state index >= 15 is 0 Å². The first-order valence-corrected chi connectivity index (χ1v) is 6.21. The fourth-order valence-electron chi connectivity index (χ4n) is 2.42. The molecule has 5 nitrogen and oxygen atoms in total. The topological polar surface area (TPSA) is 71.7 Å². The number of ether oxygens (including phenoxy) is 1. The van der Waals surface area contributed by atoms with Crippen LogP contribution >= 0.6 is 0 Å². The number of hydrogen-bond acceptors (Lipinski definition) is 5. The highest BCUT2D eigenvalue weighted by Gasteiger charge is 2.32. The molecule has 0 amide bonds. The molecule has 0 spiro atoms. The molecule has 0 radical (unpaired) electrons. The van der Waals surface area contributed by atoms with Crippen LogP contribution in [0.25, 0.3) is 0 Å². The predicted molar refractivity (Wildman–Crippen MR) is 65.2 cm³/mol. The first-order chi connectivity index (χ1) is 8.69. The number of rotatable bonds is 5. The summed E-state index contributed by atoms with van der Waals surface area (Å²) in [5, 5.41) is 12.8. The number of carbonyl (C=O) groups is 1. The second-order valence-electron chi connectivity index (χ2n) is 4.79. The van der Waals surface area contributed by atoms with Crippen molar-refractivity contribution in [3.63, 3.8) is 0 Å². The Kier molecular flexibility index (Phi) is 4.04. The molecule has 1 saturated carbocycles. The summed E-state index contributed by atoms with van der Waals surface area (Å²) in [6.07, 6.45) is 5.63. The Morgan fingerprint density at radius 2 is 2.28 bits per heavy atom. The highest BCUT2D eigenvalue weighted by atomic mass is 16.5. The third-order valence-corrected chi connectivity index (χ3v) is 3.58. The molecule has 0 atom stereocenters. The molecule has 2 rings (SSSR count). The largest absolute Gasteiger partial charge is 0.467 e. The van der Waals surface area contributed by atoms with Crippen LogP contribution in [0.3, 0.4) is 0 Å². The van der Waals surface area contributed by atoms with E-state index in [-0.39, 0.29) is 12.1 Å². The van der Waals surface area contributed by atoms with Crippen LogP contribution in [0.15, 0.2) is 16.7 Å². The van der Waals surface area contributed by atoms with E-state index in [0.29, 0.717) is 17.9 Å². The molecular formula is C13H19NO4. The molecule has 1 aliphatic rings. The van der Waals surface area contributed by atoms with E-state index in [2.05, 4.69) is 10.1 Å². The lowest BCUT2D eigenvalue weighted by Crippen LogP contribution is -2.45. The van der Waals surface area contributed by atoms with Crippen molar-refractivity contribution < 1.29 is 19.1 Å². The van der Waals surface area contributed by atoms with Gasteiger partial charge in [-0.05, 0) is 18.9 Å². The Morgan fingerprint density at radius 3 is 2.89 bits per heavy atom. The summed E-state index contributed by atoms with van der Waals surface area (Å²) in [4.78, 5) is 11.3. The van der Waals surface area contributed by atoms with Crippen LogP contribution in [0.2, 0.25) is 0 Å². The highest BCUT2D eigenvalue weighted by molar-refractivity contribution is 5.88. The average Bonchev–Trinajstić information content (AvgIpc) is 3.05. The van der Waals surface area contributed by atoms with Crippen molar-refractivity contribution in [1.29, 1.82) is 0 Å². The van der Waals surface area contributed by atoms with E-state index in [9.17, 15) is 9.90 Å². The number of esters is 1. The van der Waals surface area contributed by atoms with E-state index in [1.54, 1.807) is 6.07 Å². The predicted octanol–water partition coefficient (Wildman–Crippen LogP) is 1.46. The summed E-state index contributed by atoms with van der Waals surface area (Å²) in [7, 11) is 1.34. The highest BCUT2D eigenvalue weighted by Crippen LogP contribution is 2.29. The van der Waals surface area contributed by atoms with Gasteiger partial charge in [0.15, 0.2) is 0 Å². The zero-order chi connectivity index (χ0) is 13.0. The van der Waals surface area contributed by atoms with Gasteiger partial charge in [0.1, 0.15) is 12.0 Å². The molecule has 1 aliphatic carbocycles. The van der Waals surface area contributed by atoms with Gasteiger partial charge in [-0.3, -0.25) is 0 Å². The first kappa shape index (κ1) is 13.1. The summed E-state index contributed by atoms with van der Waals surface area (Å²) >= 11 is 0. The van der Waals surface area contributed by atoms with Crippen LogP contribution in [-0.4, -0.2) is 30.3 Å². The van der Waals surface area contributed by atoms with Crippen molar-refractivity contribution >= 4 is 5.97 Å². The minimum absolute atomic E-state index is 0.136. The lowest BCUT2D eigenvalue weighted by atomic mass is 9.99. The average molecular weight is 253 g/mol. The molecule has 0 aromatic carbocycles. The van der Waals surface area contributed by atoms with E-state index in [4.69, 9.17) is 4.42 Å². The lowest BCUT2D eigenvalue weighted by Gasteiger charge is -2.27. The molecule has 1 heterocycles. The van der Waals surface area contributed by atoms with Crippen molar-refractivity contribution in [3.8, 4) is 0 Å². The van der Waals surface area contributed by atoms with Crippen molar-refractivity contribution in [3.05, 3.63) is 23.7 Å². The lowest BCUT2D eigenvalue weighted by molar-refractivity contribution is 0.0600. The zero-order valence-corrected chi connectivity index (χ0v) is 10.6. The normalized spacial score (nSPS) is 17.9. The van der Waals surface area contributed by atoms with E-state index < -0.39 is 5.97 Å². The summed E-state index contributed by atoms with van der Waals surface area (Å²) in [5.74, 6) is 0.276. The molecular weight excluding hydrogens is 234 g/mol. The van der Waals surface area contributed by atoms with Crippen LogP contribution in [0.5, 0.6) is 0 Å². The second-order valence-corrected chi connectivity index (χ2v) is 4.79. The fraction of sp³-hybridized carbons (Fsp3) is 0.615. The summed E-state index contributed by atoms with van der Waals surface area (Å²) in [6, 6.07) is 1.67. The number of hydrogen-bond donors (Lipinski definition) is 2. The van der Waals surface area contributed by atoms with Crippen molar-refractivity contribution in [2.45, 2.75) is 37.8 Å². The van der Waals surface area contributed by atoms with Gasteiger partial charge in [0, 0.05) is 5.54 Å². The molecule has 0 bridgehead atoms. The Balaban J connectivity index is 1.93. The fourth-order valence-corrected chi connectivity index (χ4v) is 2.42. The van der Waals surface area contributed by atoms with Gasteiger partial charge < -0.3 is 19.6 Å². The van der Waals surface area contributed by atoms with Gasteiger partial charge in [-0.15, -0.1) is 0 Å². The number of aliphatic hydroxyl groups excluding tert-OH is 1. The van der Waals surface area contributed by atoms with Crippen LogP contribution in [0.1, 0.15) is 41.8 Å². The van der Waals surface area contributed by atoms with E-state index in [0.717, 1.165) is 25.7 Å². The van der Waals surface area contributed by atoms with Gasteiger partial charge >= 0.3 is 5.97 Å². The summed E-state index contributed by atoms with van der Waals surface area (Å²) < 4.78 is 9.90. The molecule has 5 heteroatoms. The smallest absolute Gasteiger partial charge is 0.341 e. The number of furan rings is 1. The Labute approximate surface area is 106 Å². The molecule has 1 aromatic heterocycles. The van der Waals surface area contributed by atoms with Gasteiger partial charge in [-0.2, -0.15) is 0 Å². The van der Waals surface area contributed by atoms with Crippen LogP contribution in [0.4, 0.5) is 0 Å². The molecule has 18 heavy (non-hydrogen) atoms. The molecule has 2 N–H and O–H groups in total. The Morgan fingerprint density at radius 1 is 1.56 bits per heavy atom. The molecule has 1 fully saturated rings. The third-order valence-electron chi connectivity index (χ3n) is 3.58. The number of nitrogens with one attached hydrogen (secondary N) is 1. The van der Waals surface area contributed by atoms with Gasteiger partial charge in [-0.25, -0.2) is 4.79 Å². The zero-order valence-electron chi connectivity index (χ0n) is 10.6. The van der Waals surface area contributed by atoms with Crippen LogP contribution in [-0.2, 0) is 11.3 Å². The Bertz CT molecular complexity index is 407. The molecule has 0 saturated heterocycles. The number of methoxy groups -OCH3 is 1. The van der Waals surface area contributed by atoms with Gasteiger partial charge in [0.05, 0.1) is 25.8 Å². The van der Waals surface area contributed by atoms with Crippen LogP contribution < -0.4 is 5.32 Å². The van der Waals surface area contributed by atoms with Gasteiger partial charge in [0.25, 0.3) is 0 Å². The van der Waals surface area contributed by atoms with E-state index in [1.165, 1.54) is 13.4 Å². The summed E-state index contributed by atoms with van der Waals surface area (Å²) in [6.45, 7) is 0.648. The van der Waals surface area contributed by atoms with Gasteiger partial charge in [0.2, 0.25) is 0 Å². The molecule has 0 unspecified atom stereocenters. The maximum Gasteiger partial charge on any atom is 0.341 e. The second kappa shape index (κ2) is 5.54. The number of carbonyl (C=O) groups excluding carboxylic acids is 1. The molecule has 100 valence electrons. The first-order valence-electron chi connectivity index (χ1n) is 6.21. The van der Waals surface area contributed by atoms with Crippen molar-refractivity contribution in [2.24, 2.45) is 0 Å². The standard InChI is InChI=1S/C13H19NO4/c1-17-12(16)10-6-11(18-8-10)7-14-13(9-15)4-2-3-5-13/h6,8,14-15H,2-5,7,9H2,1H3. The van der Waals surface area contributed by atoms with Crippen LogP contribution in [0, 0.1) is 0 Å². The molecule has 1 aromatic rings.